The van der Waals surface area contributed by atoms with E-state index in [0.717, 1.165) is 16.0 Å². The molecule has 1 aliphatic heterocycles. The molecular weight excluding hydrogens is 680 g/mol. The van der Waals surface area contributed by atoms with Gasteiger partial charge in [0, 0.05) is 12.7 Å². The molecule has 1 saturated heterocycles. The summed E-state index contributed by atoms with van der Waals surface area (Å²) >= 11 is 0. The minimum Gasteiger partial charge on any atom is -0.463 e. The van der Waals surface area contributed by atoms with E-state index in [1.165, 1.54) is 31.1 Å². The fourth-order valence-corrected chi connectivity index (χ4v) is 5.75. The average molecular weight is 721 g/mol. The van der Waals surface area contributed by atoms with Crippen molar-refractivity contribution in [2.24, 2.45) is 5.92 Å². The second-order valence-corrected chi connectivity index (χ2v) is 12.4. The Morgan fingerprint density at radius 1 is 0.698 bits per heavy atom. The van der Waals surface area contributed by atoms with Crippen LogP contribution < -0.4 is 4.90 Å². The number of nitrogens with zero attached hydrogens (tertiary/aromatic N) is 2. The SMILES string of the molecule is COC(COC(=O)CCC(=O)OC1C(Cc2ccccc2)C(=O)N(c2ccccc2)C(=O)N1Cc1ccccc1)COC(=O)c1cccc(C(C)=O)c1. The van der Waals surface area contributed by atoms with Gasteiger partial charge in [-0.05, 0) is 48.7 Å². The van der Waals surface area contributed by atoms with Crippen LogP contribution in [0, 0.1) is 5.92 Å². The first-order valence-electron chi connectivity index (χ1n) is 17.1. The minimum absolute atomic E-state index is 0.0483. The molecule has 4 aromatic carbocycles. The molecule has 5 rings (SSSR count). The van der Waals surface area contributed by atoms with Crippen molar-refractivity contribution in [1.29, 1.82) is 0 Å². The highest BCUT2D eigenvalue weighted by atomic mass is 16.6. The average Bonchev–Trinajstić information content (AvgIpc) is 3.18. The van der Waals surface area contributed by atoms with Crippen molar-refractivity contribution in [3.8, 4) is 0 Å². The number of carbonyl (C=O) groups excluding carboxylic acids is 6. The van der Waals surface area contributed by atoms with E-state index in [2.05, 4.69) is 0 Å². The van der Waals surface area contributed by atoms with Gasteiger partial charge in [-0.25, -0.2) is 14.5 Å². The molecule has 12 heteroatoms. The molecule has 3 atom stereocenters. The number of esters is 3. The Labute approximate surface area is 307 Å². The first-order chi connectivity index (χ1) is 25.6. The molecule has 1 aliphatic rings. The number of urea groups is 1. The van der Waals surface area contributed by atoms with Crippen LogP contribution in [0.1, 0.15) is 51.6 Å². The molecule has 4 aromatic rings. The normalized spacial score (nSPS) is 16.1. The van der Waals surface area contributed by atoms with E-state index in [9.17, 15) is 28.8 Å². The molecule has 274 valence electrons. The molecular formula is C41H40N2O10. The predicted molar refractivity (Wildman–Crippen MR) is 193 cm³/mol. The Hall–Kier alpha value is -6.14. The molecule has 53 heavy (non-hydrogen) atoms. The van der Waals surface area contributed by atoms with Crippen molar-refractivity contribution in [2.45, 2.75) is 45.1 Å². The van der Waals surface area contributed by atoms with Gasteiger partial charge in [-0.2, -0.15) is 0 Å². The molecule has 3 amide bonds. The van der Waals surface area contributed by atoms with Crippen molar-refractivity contribution >= 4 is 41.3 Å². The lowest BCUT2D eigenvalue weighted by Crippen LogP contribution is -2.63. The zero-order valence-electron chi connectivity index (χ0n) is 29.4. The molecule has 1 heterocycles. The number of amides is 3. The fraction of sp³-hybridized carbons (Fsp3) is 0.268. The van der Waals surface area contributed by atoms with Gasteiger partial charge >= 0.3 is 23.9 Å². The number of ether oxygens (including phenoxy) is 4. The number of carbonyl (C=O) groups is 6. The summed E-state index contributed by atoms with van der Waals surface area (Å²) in [5.41, 5.74) is 2.50. The number of hydrogen-bond acceptors (Lipinski definition) is 10. The Kier molecular flexibility index (Phi) is 13.2. The maximum Gasteiger partial charge on any atom is 0.338 e. The second-order valence-electron chi connectivity index (χ2n) is 12.4. The number of rotatable bonds is 16. The van der Waals surface area contributed by atoms with Crippen molar-refractivity contribution in [2.75, 3.05) is 25.2 Å². The zero-order chi connectivity index (χ0) is 37.7. The highest BCUT2D eigenvalue weighted by Gasteiger charge is 2.49. The maximum atomic E-state index is 14.1. The van der Waals surface area contributed by atoms with Crippen LogP contribution >= 0.6 is 0 Å². The van der Waals surface area contributed by atoms with Crippen LogP contribution in [0.15, 0.2) is 115 Å². The Morgan fingerprint density at radius 3 is 1.92 bits per heavy atom. The molecule has 0 spiro atoms. The molecule has 0 saturated carbocycles. The predicted octanol–water partition coefficient (Wildman–Crippen LogP) is 5.78. The summed E-state index contributed by atoms with van der Waals surface area (Å²) in [6.45, 7) is 0.932. The number of Topliss-reactive ketones (excluding diaryl/α,β-unsaturated/α-hetero) is 1. The fourth-order valence-electron chi connectivity index (χ4n) is 5.75. The maximum absolute atomic E-state index is 14.1. The summed E-state index contributed by atoms with van der Waals surface area (Å²) in [5, 5.41) is 0. The summed E-state index contributed by atoms with van der Waals surface area (Å²) in [4.78, 5) is 80.9. The van der Waals surface area contributed by atoms with Gasteiger partial charge in [0.15, 0.2) is 12.0 Å². The van der Waals surface area contributed by atoms with E-state index in [1.807, 2.05) is 60.7 Å². The van der Waals surface area contributed by atoms with Crippen molar-refractivity contribution in [3.05, 3.63) is 138 Å². The van der Waals surface area contributed by atoms with Crippen LogP contribution in [0.25, 0.3) is 0 Å². The van der Waals surface area contributed by atoms with Gasteiger partial charge < -0.3 is 18.9 Å². The first kappa shape index (κ1) is 38.1. The molecule has 0 N–H and O–H groups in total. The highest BCUT2D eigenvalue weighted by Crippen LogP contribution is 2.32. The quantitative estimate of drug-likeness (QED) is 0.0793. The monoisotopic (exact) mass is 720 g/mol. The number of anilines is 1. The molecule has 3 unspecified atom stereocenters. The number of methoxy groups -OCH3 is 1. The van der Waals surface area contributed by atoms with Gasteiger partial charge in [-0.1, -0.05) is 91.0 Å². The molecule has 0 aliphatic carbocycles. The number of imide groups is 1. The van der Waals surface area contributed by atoms with Crippen molar-refractivity contribution < 1.29 is 47.7 Å². The van der Waals surface area contributed by atoms with Crippen LogP contribution in [-0.2, 0) is 46.3 Å². The lowest BCUT2D eigenvalue weighted by Gasteiger charge is -2.44. The van der Waals surface area contributed by atoms with Gasteiger partial charge in [0.2, 0.25) is 5.91 Å². The van der Waals surface area contributed by atoms with Crippen LogP contribution in [0.4, 0.5) is 10.5 Å². The topological polar surface area (TPSA) is 146 Å². The van der Waals surface area contributed by atoms with Crippen LogP contribution in [0.2, 0.25) is 0 Å². The van der Waals surface area contributed by atoms with Crippen LogP contribution in [-0.4, -0.2) is 73.2 Å². The van der Waals surface area contributed by atoms with E-state index in [-0.39, 0.29) is 43.9 Å². The third kappa shape index (κ3) is 10.2. The minimum atomic E-state index is -1.28. The summed E-state index contributed by atoms with van der Waals surface area (Å²) in [6, 6.07) is 32.4. The number of para-hydroxylation sites is 1. The molecule has 0 aromatic heterocycles. The summed E-state index contributed by atoms with van der Waals surface area (Å²) < 4.78 is 21.8. The Balaban J connectivity index is 1.24. The van der Waals surface area contributed by atoms with Crippen LogP contribution in [0.3, 0.4) is 0 Å². The largest absolute Gasteiger partial charge is 0.463 e. The summed E-state index contributed by atoms with van der Waals surface area (Å²) in [6.07, 6.45) is -2.66. The highest BCUT2D eigenvalue weighted by molar-refractivity contribution is 6.17. The van der Waals surface area contributed by atoms with E-state index < -0.39 is 54.5 Å². The van der Waals surface area contributed by atoms with E-state index >= 15 is 0 Å². The Morgan fingerprint density at radius 2 is 1.28 bits per heavy atom. The lowest BCUT2D eigenvalue weighted by molar-refractivity contribution is -0.168. The van der Waals surface area contributed by atoms with Gasteiger partial charge in [0.25, 0.3) is 0 Å². The van der Waals surface area contributed by atoms with Gasteiger partial charge in [-0.3, -0.25) is 24.1 Å². The first-order valence-corrected chi connectivity index (χ1v) is 17.1. The standard InChI is InChI=1S/C41H40N2O10/c1-28(44)31-17-12-18-32(24-31)40(48)52-27-34(50-2)26-51-36(45)21-22-37(46)53-39-35(23-29-13-6-3-7-14-29)38(47)43(33-19-10-5-11-20-33)41(49)42(39)25-30-15-8-4-9-16-30/h3-20,24,34-35,39H,21-23,25-27H2,1-2H3. The summed E-state index contributed by atoms with van der Waals surface area (Å²) in [7, 11) is 1.36. The molecule has 1 fully saturated rings. The van der Waals surface area contributed by atoms with Gasteiger partial charge in [0.1, 0.15) is 19.3 Å². The van der Waals surface area contributed by atoms with Gasteiger partial charge in [0.05, 0.1) is 36.6 Å². The van der Waals surface area contributed by atoms with Gasteiger partial charge in [-0.15, -0.1) is 0 Å². The van der Waals surface area contributed by atoms with E-state index in [4.69, 9.17) is 18.9 Å². The zero-order valence-corrected chi connectivity index (χ0v) is 29.4. The molecule has 0 radical (unpaired) electrons. The van der Waals surface area contributed by atoms with E-state index in [0.29, 0.717) is 11.3 Å². The number of hydrogen-bond donors (Lipinski definition) is 0. The summed E-state index contributed by atoms with van der Waals surface area (Å²) in [5.74, 6) is -3.91. The van der Waals surface area contributed by atoms with Crippen molar-refractivity contribution in [1.82, 2.24) is 4.90 Å². The third-order valence-corrected chi connectivity index (χ3v) is 8.59. The molecule has 12 nitrogen and oxygen atoms in total. The second kappa shape index (κ2) is 18.4. The van der Waals surface area contributed by atoms with E-state index in [1.54, 1.807) is 42.5 Å². The number of benzene rings is 4. The smallest absolute Gasteiger partial charge is 0.338 e. The number of ketones is 1. The van der Waals surface area contributed by atoms with Crippen LogP contribution in [0.5, 0.6) is 0 Å². The lowest BCUT2D eigenvalue weighted by atomic mass is 9.92. The third-order valence-electron chi connectivity index (χ3n) is 8.59. The van der Waals surface area contributed by atoms with Crippen molar-refractivity contribution in [3.63, 3.8) is 0 Å². The molecule has 0 bridgehead atoms. The Bertz CT molecular complexity index is 1840.